The summed E-state index contributed by atoms with van der Waals surface area (Å²) in [6, 6.07) is 6.20. The van der Waals surface area contributed by atoms with Crippen molar-refractivity contribution in [3.8, 4) is 0 Å². The van der Waals surface area contributed by atoms with Crippen LogP contribution in [0.2, 0.25) is 0 Å². The molecule has 88 valence electrons. The summed E-state index contributed by atoms with van der Waals surface area (Å²) in [7, 11) is 0. The Morgan fingerprint density at radius 1 is 1.29 bits per heavy atom. The van der Waals surface area contributed by atoms with Gasteiger partial charge in [-0.1, -0.05) is 26.0 Å². The number of hydrogen-bond donors (Lipinski definition) is 0. The summed E-state index contributed by atoms with van der Waals surface area (Å²) in [6.07, 6.45) is 4.30. The molecule has 2 nitrogen and oxygen atoms in total. The van der Waals surface area contributed by atoms with Gasteiger partial charge in [-0.25, -0.2) is 0 Å². The number of ketones is 1. The average molecular weight is 227 g/mol. The van der Waals surface area contributed by atoms with E-state index in [2.05, 4.69) is 31.0 Å². The third kappa shape index (κ3) is 2.52. The lowest BCUT2D eigenvalue weighted by molar-refractivity contribution is -0.116. The van der Waals surface area contributed by atoms with Crippen LogP contribution in [-0.4, -0.2) is 10.8 Å². The fraction of sp³-hybridized carbons (Fsp3) is 0.333. The number of nitrogens with zero attached hydrogens (tertiary/aromatic N) is 1. The molecule has 0 unspecified atom stereocenters. The molecule has 1 aromatic heterocycles. The van der Waals surface area contributed by atoms with Gasteiger partial charge in [0.2, 0.25) is 0 Å². The van der Waals surface area contributed by atoms with Crippen LogP contribution in [0.3, 0.4) is 0 Å². The maximum absolute atomic E-state index is 11.1. The Hall–Kier alpha value is -1.70. The van der Waals surface area contributed by atoms with Crippen molar-refractivity contribution >= 4 is 16.6 Å². The molecule has 0 saturated carbocycles. The first-order valence-corrected chi connectivity index (χ1v) is 5.94. The Bertz CT molecular complexity index is 558. The first-order chi connectivity index (χ1) is 8.08. The largest absolute Gasteiger partial charge is 0.300 e. The molecule has 0 spiro atoms. The Balaban J connectivity index is 2.53. The van der Waals surface area contributed by atoms with E-state index in [0.717, 1.165) is 10.9 Å². The van der Waals surface area contributed by atoms with E-state index < -0.39 is 0 Å². The topological polar surface area (TPSA) is 30.0 Å². The van der Waals surface area contributed by atoms with Crippen LogP contribution in [0.5, 0.6) is 0 Å². The van der Waals surface area contributed by atoms with Crippen LogP contribution in [0.4, 0.5) is 0 Å². The minimum Gasteiger partial charge on any atom is -0.300 e. The second-order valence-electron chi connectivity index (χ2n) is 4.82. The van der Waals surface area contributed by atoms with Crippen molar-refractivity contribution in [2.45, 2.75) is 33.1 Å². The molecule has 2 aromatic rings. The number of carbonyl (C=O) groups excluding carboxylic acids is 1. The molecule has 0 fully saturated rings. The molecule has 0 aliphatic heterocycles. The summed E-state index contributed by atoms with van der Waals surface area (Å²) in [4.78, 5) is 15.4. The normalized spacial score (nSPS) is 11.1. The van der Waals surface area contributed by atoms with Gasteiger partial charge >= 0.3 is 0 Å². The number of aromatic nitrogens is 1. The highest BCUT2D eigenvalue weighted by atomic mass is 16.1. The highest BCUT2D eigenvalue weighted by molar-refractivity contribution is 5.87. The number of Topliss-reactive ketones (excluding diaryl/α,β-unsaturated/α-hetero) is 1. The van der Waals surface area contributed by atoms with E-state index in [4.69, 9.17) is 0 Å². The molecular formula is C15H17NO. The summed E-state index contributed by atoms with van der Waals surface area (Å²) >= 11 is 0. The summed E-state index contributed by atoms with van der Waals surface area (Å²) in [5.41, 5.74) is 2.32. The van der Waals surface area contributed by atoms with E-state index in [-0.39, 0.29) is 5.78 Å². The molecule has 17 heavy (non-hydrogen) atoms. The van der Waals surface area contributed by atoms with Crippen molar-refractivity contribution in [3.05, 3.63) is 41.7 Å². The quantitative estimate of drug-likeness (QED) is 0.803. The van der Waals surface area contributed by atoms with Crippen molar-refractivity contribution in [3.63, 3.8) is 0 Å². The van der Waals surface area contributed by atoms with Gasteiger partial charge < -0.3 is 0 Å². The smallest absolute Gasteiger partial charge is 0.134 e. The van der Waals surface area contributed by atoms with Crippen molar-refractivity contribution in [1.82, 2.24) is 4.98 Å². The highest BCUT2D eigenvalue weighted by Gasteiger charge is 2.06. The van der Waals surface area contributed by atoms with Gasteiger partial charge in [0.15, 0.2) is 0 Å². The fourth-order valence-electron chi connectivity index (χ4n) is 2.11. The molecule has 1 heterocycles. The number of pyridine rings is 1. The van der Waals surface area contributed by atoms with Gasteiger partial charge in [-0.05, 0) is 35.4 Å². The fourth-order valence-corrected chi connectivity index (χ4v) is 2.11. The average Bonchev–Trinajstić information content (AvgIpc) is 2.26. The number of fused-ring (bicyclic) bond motifs is 1. The van der Waals surface area contributed by atoms with E-state index in [9.17, 15) is 4.79 Å². The van der Waals surface area contributed by atoms with Crippen LogP contribution in [-0.2, 0) is 11.2 Å². The van der Waals surface area contributed by atoms with Crippen LogP contribution in [0.1, 0.15) is 37.8 Å². The van der Waals surface area contributed by atoms with Crippen molar-refractivity contribution in [1.29, 1.82) is 0 Å². The second kappa shape index (κ2) is 4.66. The van der Waals surface area contributed by atoms with Gasteiger partial charge in [0, 0.05) is 24.2 Å². The minimum atomic E-state index is 0.192. The number of carbonyl (C=O) groups is 1. The zero-order valence-corrected chi connectivity index (χ0v) is 10.5. The zero-order valence-electron chi connectivity index (χ0n) is 10.5. The number of benzene rings is 1. The molecule has 0 amide bonds. The van der Waals surface area contributed by atoms with Crippen molar-refractivity contribution < 1.29 is 4.79 Å². The van der Waals surface area contributed by atoms with Gasteiger partial charge in [-0.2, -0.15) is 0 Å². The van der Waals surface area contributed by atoms with Crippen molar-refractivity contribution in [2.24, 2.45) is 0 Å². The van der Waals surface area contributed by atoms with Crippen LogP contribution in [0.15, 0.2) is 30.6 Å². The molecule has 2 rings (SSSR count). The monoisotopic (exact) mass is 227 g/mol. The van der Waals surface area contributed by atoms with Crippen LogP contribution < -0.4 is 0 Å². The Kier molecular flexibility index (Phi) is 3.23. The molecule has 0 atom stereocenters. The number of hydrogen-bond acceptors (Lipinski definition) is 2. The molecule has 0 radical (unpaired) electrons. The Labute approximate surface area is 102 Å². The lowest BCUT2D eigenvalue weighted by atomic mass is 9.97. The third-order valence-electron chi connectivity index (χ3n) is 2.93. The van der Waals surface area contributed by atoms with Gasteiger partial charge in [0.05, 0.1) is 0 Å². The lowest BCUT2D eigenvalue weighted by Crippen LogP contribution is -1.97. The van der Waals surface area contributed by atoms with E-state index >= 15 is 0 Å². The molecule has 0 N–H and O–H groups in total. The molecular weight excluding hydrogens is 210 g/mol. The Morgan fingerprint density at radius 2 is 2.06 bits per heavy atom. The highest BCUT2D eigenvalue weighted by Crippen LogP contribution is 2.25. The SMILES string of the molecule is CC(=O)Cc1ccc2c(C(C)C)cncc2c1. The van der Waals surface area contributed by atoms with E-state index in [0.29, 0.717) is 12.3 Å². The van der Waals surface area contributed by atoms with Crippen molar-refractivity contribution in [2.75, 3.05) is 0 Å². The van der Waals surface area contributed by atoms with Crippen LogP contribution in [0, 0.1) is 0 Å². The summed E-state index contributed by atoms with van der Waals surface area (Å²) in [5, 5.41) is 2.36. The second-order valence-corrected chi connectivity index (χ2v) is 4.82. The molecule has 0 aliphatic carbocycles. The zero-order chi connectivity index (χ0) is 12.4. The third-order valence-corrected chi connectivity index (χ3v) is 2.93. The standard InChI is InChI=1S/C15H17NO/c1-10(2)15-9-16-8-13-7-12(6-11(3)17)4-5-14(13)15/h4-5,7-10H,6H2,1-3H3. The van der Waals surface area contributed by atoms with Crippen LogP contribution >= 0.6 is 0 Å². The predicted molar refractivity (Wildman–Crippen MR) is 70.2 cm³/mol. The van der Waals surface area contributed by atoms with Crippen LogP contribution in [0.25, 0.3) is 10.8 Å². The summed E-state index contributed by atoms with van der Waals surface area (Å²) in [5.74, 6) is 0.655. The number of rotatable bonds is 3. The minimum absolute atomic E-state index is 0.192. The maximum atomic E-state index is 11.1. The van der Waals surface area contributed by atoms with Gasteiger partial charge in [-0.3, -0.25) is 9.78 Å². The van der Waals surface area contributed by atoms with Gasteiger partial charge in [-0.15, -0.1) is 0 Å². The summed E-state index contributed by atoms with van der Waals surface area (Å²) < 4.78 is 0. The summed E-state index contributed by atoms with van der Waals surface area (Å²) in [6.45, 7) is 5.95. The van der Waals surface area contributed by atoms with Gasteiger partial charge in [0.25, 0.3) is 0 Å². The molecule has 1 aromatic carbocycles. The molecule has 0 aliphatic rings. The first kappa shape index (κ1) is 11.8. The Morgan fingerprint density at radius 3 is 2.71 bits per heavy atom. The molecule has 2 heteroatoms. The van der Waals surface area contributed by atoms with E-state index in [1.807, 2.05) is 18.5 Å². The van der Waals surface area contributed by atoms with Gasteiger partial charge in [0.1, 0.15) is 5.78 Å². The van der Waals surface area contributed by atoms with E-state index in [1.165, 1.54) is 10.9 Å². The predicted octanol–water partition coefficient (Wildman–Crippen LogP) is 3.49. The molecule has 0 saturated heterocycles. The first-order valence-electron chi connectivity index (χ1n) is 5.94. The van der Waals surface area contributed by atoms with E-state index in [1.54, 1.807) is 6.92 Å². The maximum Gasteiger partial charge on any atom is 0.134 e. The molecule has 0 bridgehead atoms. The lowest BCUT2D eigenvalue weighted by Gasteiger charge is -2.10.